The molecule has 3 rings (SSSR count). The molecule has 7 heteroatoms. The molecule has 2 N–H and O–H groups in total. The van der Waals surface area contributed by atoms with Crippen LogP contribution in [0.5, 0.6) is 0 Å². The van der Waals surface area contributed by atoms with Crippen LogP contribution in [0.15, 0.2) is 34.7 Å². The lowest BCUT2D eigenvalue weighted by molar-refractivity contribution is -0.898. The van der Waals surface area contributed by atoms with Gasteiger partial charge in [0.1, 0.15) is 11.3 Å². The molecule has 0 bridgehead atoms. The molecule has 2 aromatic rings. The predicted octanol–water partition coefficient (Wildman–Crippen LogP) is 2.44. The first-order valence-electron chi connectivity index (χ1n) is 10.9. The SMILES string of the molecule is CCOC(=O)c1c(NC(=O)C[NH+]2CCC(Cc3ccccc3)CC2)oc(C)c1C(C)=O. The minimum absolute atomic E-state index is 0.00299. The van der Waals surface area contributed by atoms with Crippen molar-refractivity contribution in [2.45, 2.75) is 40.0 Å². The first kappa shape index (κ1) is 22.7. The predicted molar refractivity (Wildman–Crippen MR) is 116 cm³/mol. The minimum atomic E-state index is -0.672. The van der Waals surface area contributed by atoms with Crippen LogP contribution >= 0.6 is 0 Å². The summed E-state index contributed by atoms with van der Waals surface area (Å²) in [6.07, 6.45) is 3.21. The number of nitrogens with one attached hydrogen (secondary N) is 2. The Morgan fingerprint density at radius 3 is 2.42 bits per heavy atom. The van der Waals surface area contributed by atoms with Crippen molar-refractivity contribution in [3.05, 3.63) is 52.8 Å². The number of carbonyl (C=O) groups excluding carboxylic acids is 3. The number of ether oxygens (including phenoxy) is 1. The molecule has 1 aliphatic heterocycles. The average molecular weight is 428 g/mol. The fraction of sp³-hybridized carbons (Fsp3) is 0.458. The monoisotopic (exact) mass is 427 g/mol. The van der Waals surface area contributed by atoms with Gasteiger partial charge in [0, 0.05) is 0 Å². The van der Waals surface area contributed by atoms with E-state index in [4.69, 9.17) is 9.15 Å². The number of hydrogen-bond donors (Lipinski definition) is 2. The zero-order chi connectivity index (χ0) is 22.4. The van der Waals surface area contributed by atoms with E-state index in [1.165, 1.54) is 17.4 Å². The first-order valence-corrected chi connectivity index (χ1v) is 10.9. The zero-order valence-electron chi connectivity index (χ0n) is 18.5. The molecule has 31 heavy (non-hydrogen) atoms. The van der Waals surface area contributed by atoms with Gasteiger partial charge in [0.25, 0.3) is 5.91 Å². The summed E-state index contributed by atoms with van der Waals surface area (Å²) in [5.41, 5.74) is 1.51. The van der Waals surface area contributed by atoms with Crippen LogP contribution in [-0.2, 0) is 16.0 Å². The Balaban J connectivity index is 1.58. The first-order chi connectivity index (χ1) is 14.9. The van der Waals surface area contributed by atoms with E-state index in [0.29, 0.717) is 11.7 Å². The number of aryl methyl sites for hydroxylation is 1. The number of amides is 1. The van der Waals surface area contributed by atoms with Crippen LogP contribution in [0.3, 0.4) is 0 Å². The molecule has 7 nitrogen and oxygen atoms in total. The topological polar surface area (TPSA) is 90.0 Å². The standard InChI is InChI=1S/C24H30N2O5/c1-4-30-24(29)22-21(16(2)27)17(3)31-23(22)25-20(28)15-26-12-10-19(11-13-26)14-18-8-6-5-7-9-18/h5-9,19H,4,10-15H2,1-3H3,(H,25,28)/p+1. The highest BCUT2D eigenvalue weighted by Crippen LogP contribution is 2.28. The molecular formula is C24H31N2O5+. The maximum Gasteiger partial charge on any atom is 0.344 e. The molecule has 0 aliphatic carbocycles. The Bertz CT molecular complexity index is 927. The molecule has 0 unspecified atom stereocenters. The molecule has 1 aromatic carbocycles. The van der Waals surface area contributed by atoms with E-state index in [0.717, 1.165) is 32.4 Å². The van der Waals surface area contributed by atoms with Crippen LogP contribution in [-0.4, -0.2) is 43.9 Å². The van der Waals surface area contributed by atoms with Gasteiger partial charge in [-0.1, -0.05) is 30.3 Å². The van der Waals surface area contributed by atoms with E-state index in [2.05, 4.69) is 29.6 Å². The minimum Gasteiger partial charge on any atom is -0.462 e. The summed E-state index contributed by atoms with van der Waals surface area (Å²) in [6.45, 7) is 6.93. The number of esters is 1. The van der Waals surface area contributed by atoms with Crippen molar-refractivity contribution in [3.8, 4) is 0 Å². The summed E-state index contributed by atoms with van der Waals surface area (Å²) in [5.74, 6) is -0.310. The quantitative estimate of drug-likeness (QED) is 0.499. The number of likely N-dealkylation sites (tertiary alicyclic amines) is 1. The molecule has 1 saturated heterocycles. The average Bonchev–Trinajstić information content (AvgIpc) is 3.06. The molecule has 0 atom stereocenters. The number of benzene rings is 1. The van der Waals surface area contributed by atoms with Crippen molar-refractivity contribution in [2.75, 3.05) is 31.6 Å². The fourth-order valence-electron chi connectivity index (χ4n) is 4.27. The van der Waals surface area contributed by atoms with Crippen LogP contribution in [0.1, 0.15) is 58.7 Å². The summed E-state index contributed by atoms with van der Waals surface area (Å²) in [4.78, 5) is 38.2. The number of quaternary nitrogens is 1. The molecular weight excluding hydrogens is 396 g/mol. The summed E-state index contributed by atoms with van der Waals surface area (Å²) in [7, 11) is 0. The molecule has 2 heterocycles. The van der Waals surface area contributed by atoms with Crippen molar-refractivity contribution in [1.82, 2.24) is 0 Å². The summed E-state index contributed by atoms with van der Waals surface area (Å²) >= 11 is 0. The summed E-state index contributed by atoms with van der Waals surface area (Å²) < 4.78 is 10.6. The molecule has 1 fully saturated rings. The number of anilines is 1. The normalized spacial score (nSPS) is 18.4. The Morgan fingerprint density at radius 1 is 1.13 bits per heavy atom. The molecule has 0 saturated carbocycles. The van der Waals surface area contributed by atoms with E-state index >= 15 is 0 Å². The third-order valence-corrected chi connectivity index (χ3v) is 5.76. The highest BCUT2D eigenvalue weighted by Gasteiger charge is 2.30. The Morgan fingerprint density at radius 2 is 1.81 bits per heavy atom. The highest BCUT2D eigenvalue weighted by atomic mass is 16.5. The number of carbonyl (C=O) groups is 3. The molecule has 1 amide bonds. The van der Waals surface area contributed by atoms with Gasteiger partial charge in [0.2, 0.25) is 5.88 Å². The van der Waals surface area contributed by atoms with Crippen LogP contribution < -0.4 is 10.2 Å². The van der Waals surface area contributed by atoms with Crippen LogP contribution in [0.4, 0.5) is 5.88 Å². The number of hydrogen-bond acceptors (Lipinski definition) is 5. The second-order valence-corrected chi connectivity index (χ2v) is 8.12. The Labute approximate surface area is 182 Å². The van der Waals surface area contributed by atoms with Gasteiger partial charge < -0.3 is 14.1 Å². The largest absolute Gasteiger partial charge is 0.462 e. The van der Waals surface area contributed by atoms with Crippen LogP contribution in [0.25, 0.3) is 0 Å². The number of Topliss-reactive ketones (excluding diaryl/α,β-unsaturated/α-hetero) is 1. The van der Waals surface area contributed by atoms with Crippen LogP contribution in [0, 0.1) is 12.8 Å². The van der Waals surface area contributed by atoms with Crippen LogP contribution in [0.2, 0.25) is 0 Å². The van der Waals surface area contributed by atoms with Crippen molar-refractivity contribution < 1.29 is 28.4 Å². The Kier molecular flexibility index (Phi) is 7.63. The van der Waals surface area contributed by atoms with Crippen molar-refractivity contribution in [3.63, 3.8) is 0 Å². The molecule has 1 aliphatic rings. The number of rotatable bonds is 8. The Hall–Kier alpha value is -2.93. The van der Waals surface area contributed by atoms with E-state index in [1.54, 1.807) is 13.8 Å². The lowest BCUT2D eigenvalue weighted by Gasteiger charge is -2.28. The van der Waals surface area contributed by atoms with E-state index in [1.807, 2.05) is 6.07 Å². The van der Waals surface area contributed by atoms with Gasteiger partial charge in [-0.15, -0.1) is 0 Å². The smallest absolute Gasteiger partial charge is 0.344 e. The lowest BCUT2D eigenvalue weighted by Crippen LogP contribution is -3.14. The second-order valence-electron chi connectivity index (χ2n) is 8.12. The van der Waals surface area contributed by atoms with Gasteiger partial charge in [-0.05, 0) is 51.5 Å². The van der Waals surface area contributed by atoms with Gasteiger partial charge in [-0.2, -0.15) is 0 Å². The molecule has 0 radical (unpaired) electrons. The highest BCUT2D eigenvalue weighted by molar-refractivity contribution is 6.10. The lowest BCUT2D eigenvalue weighted by atomic mass is 9.90. The number of piperidine rings is 1. The number of ketones is 1. The second kappa shape index (κ2) is 10.4. The van der Waals surface area contributed by atoms with Gasteiger partial charge >= 0.3 is 5.97 Å². The molecule has 0 spiro atoms. The third kappa shape index (κ3) is 5.82. The number of furan rings is 1. The van der Waals surface area contributed by atoms with E-state index in [9.17, 15) is 14.4 Å². The van der Waals surface area contributed by atoms with Crippen molar-refractivity contribution in [2.24, 2.45) is 5.92 Å². The third-order valence-electron chi connectivity index (χ3n) is 5.76. The van der Waals surface area contributed by atoms with Gasteiger partial charge in [-0.25, -0.2) is 4.79 Å². The fourth-order valence-corrected chi connectivity index (χ4v) is 4.27. The summed E-state index contributed by atoms with van der Waals surface area (Å²) in [6, 6.07) is 10.5. The zero-order valence-corrected chi connectivity index (χ0v) is 18.5. The maximum atomic E-state index is 12.6. The molecule has 166 valence electrons. The van der Waals surface area contributed by atoms with Crippen molar-refractivity contribution in [1.29, 1.82) is 0 Å². The van der Waals surface area contributed by atoms with E-state index in [-0.39, 0.29) is 41.9 Å². The van der Waals surface area contributed by atoms with Crippen molar-refractivity contribution >= 4 is 23.5 Å². The van der Waals surface area contributed by atoms with Gasteiger partial charge in [0.15, 0.2) is 12.3 Å². The van der Waals surface area contributed by atoms with E-state index < -0.39 is 5.97 Å². The summed E-state index contributed by atoms with van der Waals surface area (Å²) in [5, 5.41) is 2.68. The van der Waals surface area contributed by atoms with Gasteiger partial charge in [-0.3, -0.25) is 14.9 Å². The maximum absolute atomic E-state index is 12.6. The van der Waals surface area contributed by atoms with Gasteiger partial charge in [0.05, 0.1) is 25.3 Å². The molecule has 1 aromatic heterocycles.